The number of amides is 1. The Labute approximate surface area is 189 Å². The molecule has 1 aliphatic heterocycles. The summed E-state index contributed by atoms with van der Waals surface area (Å²) in [6.45, 7) is 3.75. The Bertz CT molecular complexity index is 1170. The standard InChI is InChI=1S/C20H22ClF3N4O3S/c1-11(2)15-5-4-8-28(32(30,31)26-15)16-10-27(3)18(17(16)21)20(29)25-12-6-7-14(22)13(9-12)19(23)24/h4-7,9-11,15,19,26H,8H2,1-3H3,(H,25,29). The molecule has 32 heavy (non-hydrogen) atoms. The lowest BCUT2D eigenvalue weighted by Crippen LogP contribution is -2.44. The third-order valence-electron chi connectivity index (χ3n) is 4.98. The second-order valence-electron chi connectivity index (χ2n) is 7.63. The third kappa shape index (κ3) is 4.79. The molecule has 0 radical (unpaired) electrons. The largest absolute Gasteiger partial charge is 0.343 e. The highest BCUT2D eigenvalue weighted by molar-refractivity contribution is 7.91. The quantitative estimate of drug-likeness (QED) is 0.615. The minimum Gasteiger partial charge on any atom is -0.343 e. The Balaban J connectivity index is 1.92. The molecule has 0 bridgehead atoms. The third-order valence-corrected chi connectivity index (χ3v) is 6.85. The van der Waals surface area contributed by atoms with Gasteiger partial charge in [0.2, 0.25) is 0 Å². The molecule has 0 fully saturated rings. The summed E-state index contributed by atoms with van der Waals surface area (Å²) in [5.41, 5.74) is -0.923. The van der Waals surface area contributed by atoms with E-state index in [2.05, 4.69) is 10.0 Å². The summed E-state index contributed by atoms with van der Waals surface area (Å²) >= 11 is 6.39. The summed E-state index contributed by atoms with van der Waals surface area (Å²) in [6.07, 6.45) is 1.77. The Morgan fingerprint density at radius 1 is 1.31 bits per heavy atom. The van der Waals surface area contributed by atoms with Crippen molar-refractivity contribution in [3.63, 3.8) is 0 Å². The summed E-state index contributed by atoms with van der Waals surface area (Å²) in [4.78, 5) is 12.8. The van der Waals surface area contributed by atoms with Gasteiger partial charge in [0.05, 0.1) is 22.8 Å². The predicted molar refractivity (Wildman–Crippen MR) is 117 cm³/mol. The maximum absolute atomic E-state index is 13.5. The molecule has 0 saturated heterocycles. The van der Waals surface area contributed by atoms with Gasteiger partial charge in [-0.05, 0) is 24.1 Å². The predicted octanol–water partition coefficient (Wildman–Crippen LogP) is 4.24. The van der Waals surface area contributed by atoms with Gasteiger partial charge in [-0.3, -0.25) is 9.10 Å². The smallest absolute Gasteiger partial charge is 0.302 e. The Morgan fingerprint density at radius 3 is 2.62 bits per heavy atom. The number of benzene rings is 1. The van der Waals surface area contributed by atoms with Crippen molar-refractivity contribution in [3.05, 3.63) is 58.6 Å². The lowest BCUT2D eigenvalue weighted by molar-refractivity contribution is 0.101. The van der Waals surface area contributed by atoms with E-state index in [-0.39, 0.29) is 34.6 Å². The first-order chi connectivity index (χ1) is 14.9. The second-order valence-corrected chi connectivity index (χ2v) is 9.64. The van der Waals surface area contributed by atoms with Crippen LogP contribution in [0.5, 0.6) is 0 Å². The summed E-state index contributed by atoms with van der Waals surface area (Å²) in [5, 5.41) is 2.26. The van der Waals surface area contributed by atoms with E-state index < -0.39 is 40.0 Å². The number of hydrogen-bond acceptors (Lipinski definition) is 3. The van der Waals surface area contributed by atoms with E-state index in [1.165, 1.54) is 17.8 Å². The fourth-order valence-corrected chi connectivity index (χ4v) is 5.18. The van der Waals surface area contributed by atoms with Crippen LogP contribution in [0, 0.1) is 11.7 Å². The number of halogens is 4. The molecule has 0 saturated carbocycles. The molecule has 1 aromatic heterocycles. The van der Waals surface area contributed by atoms with Crippen LogP contribution < -0.4 is 14.3 Å². The first-order valence-electron chi connectivity index (χ1n) is 9.62. The maximum Gasteiger partial charge on any atom is 0.302 e. The van der Waals surface area contributed by atoms with Gasteiger partial charge in [0.25, 0.3) is 12.3 Å². The first kappa shape index (κ1) is 24.1. The fraction of sp³-hybridized carbons (Fsp3) is 0.350. The lowest BCUT2D eigenvalue weighted by atomic mass is 10.1. The zero-order chi connectivity index (χ0) is 23.8. The normalized spacial score (nSPS) is 18.3. The number of carbonyl (C=O) groups is 1. The van der Waals surface area contributed by atoms with Gasteiger partial charge in [0, 0.05) is 25.0 Å². The summed E-state index contributed by atoms with van der Waals surface area (Å²) in [7, 11) is -2.48. The molecule has 1 aromatic carbocycles. The minimum absolute atomic E-state index is 0.000936. The van der Waals surface area contributed by atoms with E-state index in [0.717, 1.165) is 22.5 Å². The number of carbonyl (C=O) groups excluding carboxylic acids is 1. The van der Waals surface area contributed by atoms with Gasteiger partial charge in [0.15, 0.2) is 0 Å². The number of aromatic nitrogens is 1. The number of nitrogens with one attached hydrogen (secondary N) is 2. The highest BCUT2D eigenvalue weighted by Crippen LogP contribution is 2.34. The summed E-state index contributed by atoms with van der Waals surface area (Å²) < 4.78 is 70.1. The Hall–Kier alpha value is -2.50. The number of anilines is 2. The van der Waals surface area contributed by atoms with Gasteiger partial charge in [0.1, 0.15) is 11.5 Å². The average Bonchev–Trinajstić information content (AvgIpc) is 2.87. The topological polar surface area (TPSA) is 83.4 Å². The average molecular weight is 491 g/mol. The van der Waals surface area contributed by atoms with Crippen LogP contribution in [-0.4, -0.2) is 31.5 Å². The van der Waals surface area contributed by atoms with Crippen LogP contribution >= 0.6 is 11.6 Å². The Kier molecular flexibility index (Phi) is 6.91. The molecule has 174 valence electrons. The van der Waals surface area contributed by atoms with Crippen LogP contribution in [0.2, 0.25) is 5.02 Å². The molecule has 0 aliphatic carbocycles. The summed E-state index contributed by atoms with van der Waals surface area (Å²) in [6, 6.07) is 2.38. The van der Waals surface area contributed by atoms with E-state index in [0.29, 0.717) is 0 Å². The molecular formula is C20H22ClF3N4O3S. The molecule has 1 atom stereocenters. The van der Waals surface area contributed by atoms with Crippen LogP contribution in [0.4, 0.5) is 24.5 Å². The van der Waals surface area contributed by atoms with Crippen LogP contribution in [0.3, 0.4) is 0 Å². The van der Waals surface area contributed by atoms with Crippen LogP contribution in [0.25, 0.3) is 0 Å². The molecule has 1 unspecified atom stereocenters. The number of aryl methyl sites for hydroxylation is 1. The second kappa shape index (κ2) is 9.16. The molecule has 3 rings (SSSR count). The molecule has 2 aromatic rings. The van der Waals surface area contributed by atoms with Gasteiger partial charge in [-0.2, -0.15) is 13.1 Å². The van der Waals surface area contributed by atoms with E-state index in [1.807, 2.05) is 13.8 Å². The van der Waals surface area contributed by atoms with Crippen LogP contribution in [-0.2, 0) is 17.3 Å². The molecule has 1 amide bonds. The van der Waals surface area contributed by atoms with Gasteiger partial charge < -0.3 is 9.88 Å². The fourth-order valence-electron chi connectivity index (χ4n) is 3.26. The maximum atomic E-state index is 13.5. The highest BCUT2D eigenvalue weighted by atomic mass is 35.5. The SMILES string of the molecule is CC(C)C1C=CCN(c2cn(C)c(C(=O)Nc3ccc(F)c(C(F)F)c3)c2Cl)S(=O)(=O)N1. The molecule has 12 heteroatoms. The van der Waals surface area contributed by atoms with Crippen molar-refractivity contribution in [3.8, 4) is 0 Å². The molecule has 2 N–H and O–H groups in total. The van der Waals surface area contributed by atoms with E-state index in [4.69, 9.17) is 11.6 Å². The minimum atomic E-state index is -3.97. The van der Waals surface area contributed by atoms with E-state index in [1.54, 1.807) is 12.2 Å². The van der Waals surface area contributed by atoms with Crippen molar-refractivity contribution in [2.24, 2.45) is 13.0 Å². The molecule has 1 aliphatic rings. The lowest BCUT2D eigenvalue weighted by Gasteiger charge is -2.23. The molecule has 7 nitrogen and oxygen atoms in total. The molecular weight excluding hydrogens is 469 g/mol. The van der Waals surface area contributed by atoms with E-state index >= 15 is 0 Å². The van der Waals surface area contributed by atoms with Crippen molar-refractivity contribution < 1.29 is 26.4 Å². The first-order valence-corrected chi connectivity index (χ1v) is 11.4. The van der Waals surface area contributed by atoms with Gasteiger partial charge >= 0.3 is 10.2 Å². The zero-order valence-corrected chi connectivity index (χ0v) is 19.0. The molecule has 2 heterocycles. The number of alkyl halides is 2. The van der Waals surface area contributed by atoms with Crippen molar-refractivity contribution in [2.45, 2.75) is 26.3 Å². The van der Waals surface area contributed by atoms with Gasteiger partial charge in [-0.15, -0.1) is 0 Å². The monoisotopic (exact) mass is 490 g/mol. The van der Waals surface area contributed by atoms with E-state index in [9.17, 15) is 26.4 Å². The number of hydrogen-bond donors (Lipinski definition) is 2. The van der Waals surface area contributed by atoms with Crippen molar-refractivity contribution in [1.82, 2.24) is 9.29 Å². The van der Waals surface area contributed by atoms with Crippen LogP contribution in [0.1, 0.15) is 36.3 Å². The number of rotatable bonds is 5. The zero-order valence-electron chi connectivity index (χ0n) is 17.4. The van der Waals surface area contributed by atoms with Gasteiger partial charge in [-0.25, -0.2) is 13.2 Å². The van der Waals surface area contributed by atoms with Crippen LogP contribution in [0.15, 0.2) is 36.5 Å². The Morgan fingerprint density at radius 2 is 2.00 bits per heavy atom. The number of nitrogens with zero attached hydrogens (tertiary/aromatic N) is 2. The van der Waals surface area contributed by atoms with Crippen molar-refractivity contribution in [1.29, 1.82) is 0 Å². The van der Waals surface area contributed by atoms with Gasteiger partial charge in [-0.1, -0.05) is 37.6 Å². The highest BCUT2D eigenvalue weighted by Gasteiger charge is 2.32. The summed E-state index contributed by atoms with van der Waals surface area (Å²) in [5.74, 6) is -1.85. The molecule has 0 spiro atoms. The van der Waals surface area contributed by atoms with Crippen molar-refractivity contribution in [2.75, 3.05) is 16.2 Å². The van der Waals surface area contributed by atoms with Crippen molar-refractivity contribution >= 4 is 39.1 Å².